The summed E-state index contributed by atoms with van der Waals surface area (Å²) in [6, 6.07) is -1.25. The Kier molecular flexibility index (Phi) is 5.39. The summed E-state index contributed by atoms with van der Waals surface area (Å²) >= 11 is 0. The molecule has 1 aliphatic carbocycles. The van der Waals surface area contributed by atoms with Crippen LogP contribution in [0.25, 0.3) is 0 Å². The van der Waals surface area contributed by atoms with Crippen molar-refractivity contribution < 1.29 is 30.7 Å². The Balaban J connectivity index is 0.00000242. The van der Waals surface area contributed by atoms with E-state index in [1.807, 2.05) is 0 Å². The zero-order valence-electron chi connectivity index (χ0n) is 11.1. The van der Waals surface area contributed by atoms with Crippen LogP contribution >= 0.6 is 12.4 Å². The van der Waals surface area contributed by atoms with Gasteiger partial charge in [0.05, 0.1) is 11.1 Å². The maximum atomic E-state index is 13.9. The van der Waals surface area contributed by atoms with E-state index in [1.165, 1.54) is 0 Å². The average Bonchev–Trinajstić information content (AvgIpc) is 2.22. The molecule has 0 spiro atoms. The molecule has 1 aromatic rings. The quantitative estimate of drug-likeness (QED) is 0.738. The molecular weight excluding hydrogens is 339 g/mol. The minimum atomic E-state index is -5.10. The number of nitrogens with two attached hydrogens (primary N) is 1. The van der Waals surface area contributed by atoms with Gasteiger partial charge < -0.3 is 5.73 Å². The van der Waals surface area contributed by atoms with Crippen molar-refractivity contribution in [2.75, 3.05) is 0 Å². The van der Waals surface area contributed by atoms with E-state index in [0.717, 1.165) is 6.42 Å². The largest absolute Gasteiger partial charge is 0.416 e. The third-order valence-electron chi connectivity index (χ3n) is 3.75. The van der Waals surface area contributed by atoms with Crippen molar-refractivity contribution >= 4 is 12.4 Å². The first-order chi connectivity index (χ1) is 9.51. The van der Waals surface area contributed by atoms with Crippen molar-refractivity contribution in [1.29, 1.82) is 0 Å². The fraction of sp³-hybridized carbons (Fsp3) is 0.538. The summed E-state index contributed by atoms with van der Waals surface area (Å²) in [6.07, 6.45) is -8.31. The van der Waals surface area contributed by atoms with E-state index >= 15 is 0 Å². The van der Waals surface area contributed by atoms with Gasteiger partial charge in [-0.3, -0.25) is 0 Å². The van der Waals surface area contributed by atoms with E-state index in [-0.39, 0.29) is 30.5 Å². The minimum Gasteiger partial charge on any atom is -0.324 e. The molecule has 1 saturated carbocycles. The number of rotatable bonds is 2. The van der Waals surface area contributed by atoms with Gasteiger partial charge in [0, 0.05) is 11.6 Å². The Morgan fingerprint density at radius 3 is 1.91 bits per heavy atom. The molecule has 0 aromatic heterocycles. The fourth-order valence-electron chi connectivity index (χ4n) is 2.39. The van der Waals surface area contributed by atoms with Crippen molar-refractivity contribution in [3.05, 3.63) is 34.6 Å². The fourth-order valence-corrected chi connectivity index (χ4v) is 2.39. The number of alkyl halides is 6. The van der Waals surface area contributed by atoms with Crippen LogP contribution in [0.4, 0.5) is 30.7 Å². The highest BCUT2D eigenvalue weighted by atomic mass is 35.5. The lowest BCUT2D eigenvalue weighted by atomic mass is 9.76. The topological polar surface area (TPSA) is 26.0 Å². The predicted octanol–water partition coefficient (Wildman–Crippen LogP) is 5.09. The van der Waals surface area contributed by atoms with Crippen LogP contribution in [0, 0.1) is 11.7 Å². The summed E-state index contributed by atoms with van der Waals surface area (Å²) in [5.41, 5.74) is 1.45. The van der Waals surface area contributed by atoms with E-state index in [1.54, 1.807) is 0 Å². The second-order valence-electron chi connectivity index (χ2n) is 5.13. The normalized spacial score (nSPS) is 17.6. The van der Waals surface area contributed by atoms with Gasteiger partial charge >= 0.3 is 12.4 Å². The lowest BCUT2D eigenvalue weighted by Crippen LogP contribution is -2.30. The van der Waals surface area contributed by atoms with Crippen LogP contribution in [0.1, 0.15) is 42.0 Å². The summed E-state index contributed by atoms with van der Waals surface area (Å²) in [5, 5.41) is 0. The van der Waals surface area contributed by atoms with Gasteiger partial charge in [-0.25, -0.2) is 4.39 Å². The standard InChI is InChI=1S/C13H12F7N.ClH/c14-9-5-7(12(15,16)17)4-8(13(18,19)20)10(9)11(21)6-2-1-3-6;/h4-6,11H,1-3,21H2;1H/t11-;/m1./s1. The average molecular weight is 352 g/mol. The molecule has 1 atom stereocenters. The summed E-state index contributed by atoms with van der Waals surface area (Å²) in [6.45, 7) is 0. The zero-order chi connectivity index (χ0) is 16.0. The first-order valence-electron chi connectivity index (χ1n) is 6.25. The summed E-state index contributed by atoms with van der Waals surface area (Å²) in [7, 11) is 0. The van der Waals surface area contributed by atoms with Crippen LogP contribution in [0.5, 0.6) is 0 Å². The van der Waals surface area contributed by atoms with Crippen molar-refractivity contribution in [3.63, 3.8) is 0 Å². The maximum absolute atomic E-state index is 13.9. The zero-order valence-corrected chi connectivity index (χ0v) is 11.9. The van der Waals surface area contributed by atoms with Gasteiger partial charge in [-0.1, -0.05) is 6.42 Å². The van der Waals surface area contributed by atoms with Crippen molar-refractivity contribution in [2.24, 2.45) is 11.7 Å². The molecule has 0 unspecified atom stereocenters. The SMILES string of the molecule is Cl.N[C@@H](c1c(F)cc(C(F)(F)F)cc1C(F)(F)F)C1CCC1. The van der Waals surface area contributed by atoms with Gasteiger partial charge in [0.1, 0.15) is 5.82 Å². The van der Waals surface area contributed by atoms with Gasteiger partial charge in [-0.05, 0) is 30.9 Å². The number of halogens is 8. The molecule has 126 valence electrons. The van der Waals surface area contributed by atoms with Gasteiger partial charge in [0.2, 0.25) is 0 Å². The minimum absolute atomic E-state index is 0. The number of hydrogen-bond donors (Lipinski definition) is 1. The van der Waals surface area contributed by atoms with E-state index in [9.17, 15) is 30.7 Å². The van der Waals surface area contributed by atoms with Crippen molar-refractivity contribution in [3.8, 4) is 0 Å². The van der Waals surface area contributed by atoms with Crippen LogP contribution in [-0.2, 0) is 12.4 Å². The molecule has 0 bridgehead atoms. The Bertz CT molecular complexity index is 534. The van der Waals surface area contributed by atoms with E-state index in [2.05, 4.69) is 0 Å². The molecule has 1 aromatic carbocycles. The highest BCUT2D eigenvalue weighted by molar-refractivity contribution is 5.85. The molecular formula is C13H13ClF7N. The molecule has 22 heavy (non-hydrogen) atoms. The molecule has 2 N–H and O–H groups in total. The highest BCUT2D eigenvalue weighted by Crippen LogP contribution is 2.44. The number of hydrogen-bond acceptors (Lipinski definition) is 1. The molecule has 1 aliphatic rings. The Hall–Kier alpha value is -1.02. The van der Waals surface area contributed by atoms with Crippen LogP contribution in [0.15, 0.2) is 12.1 Å². The van der Waals surface area contributed by atoms with Gasteiger partial charge in [0.15, 0.2) is 0 Å². The Morgan fingerprint density at radius 1 is 1.00 bits per heavy atom. The monoisotopic (exact) mass is 351 g/mol. The van der Waals surface area contributed by atoms with Gasteiger partial charge in [-0.2, -0.15) is 26.3 Å². The molecule has 1 fully saturated rings. The molecule has 0 saturated heterocycles. The molecule has 2 rings (SSSR count). The third-order valence-corrected chi connectivity index (χ3v) is 3.75. The van der Waals surface area contributed by atoms with E-state index in [4.69, 9.17) is 5.73 Å². The first kappa shape index (κ1) is 19.0. The second-order valence-corrected chi connectivity index (χ2v) is 5.13. The number of benzene rings is 1. The van der Waals surface area contributed by atoms with Crippen LogP contribution in [0.2, 0.25) is 0 Å². The van der Waals surface area contributed by atoms with Crippen LogP contribution < -0.4 is 5.73 Å². The maximum Gasteiger partial charge on any atom is 0.416 e. The Morgan fingerprint density at radius 2 is 1.55 bits per heavy atom. The molecule has 0 aliphatic heterocycles. The molecule has 0 amide bonds. The summed E-state index contributed by atoms with van der Waals surface area (Å²) in [4.78, 5) is 0. The molecule has 9 heteroatoms. The van der Waals surface area contributed by atoms with Gasteiger partial charge in [-0.15, -0.1) is 12.4 Å². The van der Waals surface area contributed by atoms with Crippen molar-refractivity contribution in [2.45, 2.75) is 37.7 Å². The molecule has 1 nitrogen and oxygen atoms in total. The van der Waals surface area contributed by atoms with Crippen LogP contribution in [0.3, 0.4) is 0 Å². The molecule has 0 heterocycles. The smallest absolute Gasteiger partial charge is 0.324 e. The van der Waals surface area contributed by atoms with Crippen molar-refractivity contribution in [1.82, 2.24) is 0 Å². The third kappa shape index (κ3) is 3.65. The predicted molar refractivity (Wildman–Crippen MR) is 67.9 cm³/mol. The van der Waals surface area contributed by atoms with Crippen LogP contribution in [-0.4, -0.2) is 0 Å². The summed E-state index contributed by atoms with van der Waals surface area (Å²) < 4.78 is 90.3. The highest BCUT2D eigenvalue weighted by Gasteiger charge is 2.42. The summed E-state index contributed by atoms with van der Waals surface area (Å²) in [5.74, 6) is -1.89. The lowest BCUT2D eigenvalue weighted by molar-refractivity contribution is -0.144. The Labute approximate surface area is 128 Å². The van der Waals surface area contributed by atoms with E-state index in [0.29, 0.717) is 12.8 Å². The van der Waals surface area contributed by atoms with Gasteiger partial charge in [0.25, 0.3) is 0 Å². The van der Waals surface area contributed by atoms with E-state index < -0.39 is 40.9 Å². The molecule has 0 radical (unpaired) electrons. The lowest BCUT2D eigenvalue weighted by Gasteiger charge is -2.33. The second kappa shape index (κ2) is 6.23. The first-order valence-corrected chi connectivity index (χ1v) is 6.25.